The van der Waals surface area contributed by atoms with Crippen molar-refractivity contribution in [3.63, 3.8) is 0 Å². The lowest BCUT2D eigenvalue weighted by molar-refractivity contribution is -0.142. The number of ether oxygens (including phenoxy) is 2. The predicted molar refractivity (Wildman–Crippen MR) is 95.7 cm³/mol. The van der Waals surface area contributed by atoms with Gasteiger partial charge in [0.2, 0.25) is 0 Å². The van der Waals surface area contributed by atoms with Crippen LogP contribution in [0, 0.1) is 0 Å². The van der Waals surface area contributed by atoms with E-state index < -0.39 is 0 Å². The van der Waals surface area contributed by atoms with Crippen LogP contribution < -0.4 is 10.7 Å². The number of rotatable bonds is 7. The molecule has 0 spiro atoms. The van der Waals surface area contributed by atoms with E-state index in [1.807, 2.05) is 36.4 Å². The van der Waals surface area contributed by atoms with Crippen LogP contribution in [0.3, 0.4) is 0 Å². The third kappa shape index (κ3) is 6.27. The van der Waals surface area contributed by atoms with E-state index in [-0.39, 0.29) is 19.3 Å². The van der Waals surface area contributed by atoms with Gasteiger partial charge in [-0.1, -0.05) is 24.3 Å². The molecule has 126 valence electrons. The van der Waals surface area contributed by atoms with Crippen molar-refractivity contribution in [2.45, 2.75) is 6.92 Å². The minimum Gasteiger partial charge on any atom is -0.463 e. The molecule has 0 aliphatic rings. The number of carbonyl (C=O) groups excluding carboxylic acids is 1. The number of nitrogens with zero attached hydrogens (tertiary/aromatic N) is 2. The molecule has 8 heteroatoms. The smallest absolute Gasteiger partial charge is 0.302 e. The van der Waals surface area contributed by atoms with E-state index in [1.165, 1.54) is 6.92 Å². The first-order valence-corrected chi connectivity index (χ1v) is 7.70. The van der Waals surface area contributed by atoms with Gasteiger partial charge in [-0.3, -0.25) is 10.2 Å². The molecule has 0 unspecified atom stereocenters. The van der Waals surface area contributed by atoms with E-state index in [1.54, 1.807) is 6.21 Å². The Morgan fingerprint density at radius 2 is 2.12 bits per heavy atom. The fourth-order valence-corrected chi connectivity index (χ4v) is 1.89. The van der Waals surface area contributed by atoms with Crippen molar-refractivity contribution in [3.8, 4) is 0 Å². The van der Waals surface area contributed by atoms with E-state index in [0.29, 0.717) is 11.7 Å². The molecule has 2 N–H and O–H groups in total. The van der Waals surface area contributed by atoms with Gasteiger partial charge in [-0.05, 0) is 24.4 Å². The molecule has 1 aromatic carbocycles. The normalized spacial score (nSPS) is 10.7. The summed E-state index contributed by atoms with van der Waals surface area (Å²) in [5.74, 6) is -0.333. The number of thiocarbonyl (C=S) groups is 1. The lowest BCUT2D eigenvalue weighted by Gasteiger charge is -2.07. The van der Waals surface area contributed by atoms with Crippen molar-refractivity contribution in [1.82, 2.24) is 15.7 Å². The van der Waals surface area contributed by atoms with E-state index in [4.69, 9.17) is 21.7 Å². The molecular weight excluding hydrogens is 328 g/mol. The molecule has 0 bridgehead atoms. The van der Waals surface area contributed by atoms with Crippen molar-refractivity contribution in [2.75, 3.05) is 19.9 Å². The Morgan fingerprint density at radius 3 is 2.96 bits per heavy atom. The number of fused-ring (bicyclic) bond motifs is 1. The highest BCUT2D eigenvalue weighted by molar-refractivity contribution is 7.80. The summed E-state index contributed by atoms with van der Waals surface area (Å²) in [4.78, 5) is 15.0. The Morgan fingerprint density at radius 1 is 1.29 bits per heavy atom. The van der Waals surface area contributed by atoms with Gasteiger partial charge < -0.3 is 14.8 Å². The van der Waals surface area contributed by atoms with Crippen LogP contribution in [0.25, 0.3) is 10.9 Å². The third-order valence-electron chi connectivity index (χ3n) is 2.85. The first kappa shape index (κ1) is 17.8. The molecule has 0 aliphatic carbocycles. The van der Waals surface area contributed by atoms with Crippen molar-refractivity contribution < 1.29 is 14.3 Å². The molecule has 2 rings (SSSR count). The molecule has 0 saturated carbocycles. The summed E-state index contributed by atoms with van der Waals surface area (Å²) in [6.07, 6.45) is 1.59. The molecule has 7 nitrogen and oxygen atoms in total. The molecule has 0 saturated heterocycles. The predicted octanol–water partition coefficient (Wildman–Crippen LogP) is 1.57. The quantitative estimate of drug-likeness (QED) is 0.197. The molecular formula is C16H18N4O3S. The van der Waals surface area contributed by atoms with Crippen LogP contribution in [0.15, 0.2) is 41.5 Å². The fraction of sp³-hybridized carbons (Fsp3) is 0.250. The van der Waals surface area contributed by atoms with Gasteiger partial charge in [0, 0.05) is 12.3 Å². The van der Waals surface area contributed by atoms with Crippen LogP contribution in [0.1, 0.15) is 12.6 Å². The Kier molecular flexibility index (Phi) is 7.06. The topological polar surface area (TPSA) is 84.8 Å². The average molecular weight is 346 g/mol. The fourth-order valence-electron chi connectivity index (χ4n) is 1.78. The molecule has 0 amide bonds. The maximum atomic E-state index is 10.5. The maximum Gasteiger partial charge on any atom is 0.302 e. The second-order valence-electron chi connectivity index (χ2n) is 4.70. The highest BCUT2D eigenvalue weighted by atomic mass is 32.1. The number of hydrazone groups is 1. The number of hydrogen-bond donors (Lipinski definition) is 2. The number of esters is 1. The van der Waals surface area contributed by atoms with Gasteiger partial charge in [0.15, 0.2) is 5.11 Å². The van der Waals surface area contributed by atoms with Crippen molar-refractivity contribution in [2.24, 2.45) is 5.10 Å². The monoisotopic (exact) mass is 346 g/mol. The third-order valence-corrected chi connectivity index (χ3v) is 3.09. The molecule has 0 aliphatic heterocycles. The maximum absolute atomic E-state index is 10.5. The Labute approximate surface area is 145 Å². The average Bonchev–Trinajstić information content (AvgIpc) is 2.57. The molecule has 24 heavy (non-hydrogen) atoms. The molecule has 1 aromatic heterocycles. The summed E-state index contributed by atoms with van der Waals surface area (Å²) in [6, 6.07) is 11.7. The van der Waals surface area contributed by atoms with Crippen LogP contribution in [0.2, 0.25) is 0 Å². The van der Waals surface area contributed by atoms with Gasteiger partial charge in [-0.2, -0.15) is 5.10 Å². The van der Waals surface area contributed by atoms with Gasteiger partial charge in [0.25, 0.3) is 0 Å². The number of benzene rings is 1. The standard InChI is InChI=1S/C16H18N4O3S/c1-12(21)23-9-8-22-11-17-16(24)20-18-10-14-7-6-13-4-2-3-5-15(13)19-14/h2-7,10H,8-9,11H2,1H3,(H2,17,20,24). The van der Waals surface area contributed by atoms with Crippen LogP contribution in [0.4, 0.5) is 0 Å². The number of aromatic nitrogens is 1. The van der Waals surface area contributed by atoms with Crippen molar-refractivity contribution in [3.05, 3.63) is 42.1 Å². The zero-order valence-corrected chi connectivity index (χ0v) is 14.0. The second-order valence-corrected chi connectivity index (χ2v) is 5.11. The summed E-state index contributed by atoms with van der Waals surface area (Å²) in [7, 11) is 0. The Hall–Kier alpha value is -2.58. The van der Waals surface area contributed by atoms with Crippen LogP contribution in [0.5, 0.6) is 0 Å². The lowest BCUT2D eigenvalue weighted by Crippen LogP contribution is -2.34. The van der Waals surface area contributed by atoms with E-state index in [0.717, 1.165) is 16.6 Å². The minimum absolute atomic E-state index is 0.191. The summed E-state index contributed by atoms with van der Waals surface area (Å²) in [6.45, 7) is 2.04. The largest absolute Gasteiger partial charge is 0.463 e. The number of nitrogens with one attached hydrogen (secondary N) is 2. The van der Waals surface area contributed by atoms with E-state index in [9.17, 15) is 4.79 Å². The van der Waals surface area contributed by atoms with Crippen molar-refractivity contribution >= 4 is 40.4 Å². The summed E-state index contributed by atoms with van der Waals surface area (Å²) in [5.41, 5.74) is 4.30. The summed E-state index contributed by atoms with van der Waals surface area (Å²) < 4.78 is 9.91. The summed E-state index contributed by atoms with van der Waals surface area (Å²) >= 11 is 5.04. The zero-order valence-electron chi connectivity index (χ0n) is 13.2. The number of carbonyl (C=O) groups is 1. The van der Waals surface area contributed by atoms with Crippen molar-refractivity contribution in [1.29, 1.82) is 0 Å². The van der Waals surface area contributed by atoms with E-state index >= 15 is 0 Å². The van der Waals surface area contributed by atoms with Gasteiger partial charge in [-0.15, -0.1) is 0 Å². The highest BCUT2D eigenvalue weighted by Crippen LogP contribution is 2.10. The SMILES string of the molecule is CC(=O)OCCOCNC(=S)NN=Cc1ccc2ccccc2n1. The highest BCUT2D eigenvalue weighted by Gasteiger charge is 1.96. The molecule has 0 fully saturated rings. The molecule has 0 atom stereocenters. The summed E-state index contributed by atoms with van der Waals surface area (Å²) in [5, 5.41) is 8.22. The van der Waals surface area contributed by atoms with Crippen LogP contribution in [-0.2, 0) is 14.3 Å². The van der Waals surface area contributed by atoms with Gasteiger partial charge in [-0.25, -0.2) is 4.98 Å². The molecule has 2 aromatic rings. The zero-order chi connectivity index (χ0) is 17.2. The molecule has 1 heterocycles. The minimum atomic E-state index is -0.333. The first-order chi connectivity index (χ1) is 11.6. The number of hydrogen-bond acceptors (Lipinski definition) is 6. The number of pyridine rings is 1. The first-order valence-electron chi connectivity index (χ1n) is 7.29. The Bertz CT molecular complexity index is 736. The van der Waals surface area contributed by atoms with Crippen LogP contribution in [-0.4, -0.2) is 42.2 Å². The van der Waals surface area contributed by atoms with Gasteiger partial charge >= 0.3 is 5.97 Å². The lowest BCUT2D eigenvalue weighted by atomic mass is 10.2. The second kappa shape index (κ2) is 9.53. The van der Waals surface area contributed by atoms with E-state index in [2.05, 4.69) is 20.8 Å². The van der Waals surface area contributed by atoms with Gasteiger partial charge in [0.05, 0.1) is 24.0 Å². The van der Waals surface area contributed by atoms with Crippen LogP contribution >= 0.6 is 12.2 Å². The van der Waals surface area contributed by atoms with Gasteiger partial charge in [0.1, 0.15) is 13.3 Å². The Balaban J connectivity index is 1.68. The molecule has 0 radical (unpaired) electrons. The number of para-hydroxylation sites is 1.